The number of alkyl halides is 1. The predicted molar refractivity (Wildman–Crippen MR) is 105 cm³/mol. The van der Waals surface area contributed by atoms with Crippen LogP contribution in [-0.2, 0) is 4.79 Å². The summed E-state index contributed by atoms with van der Waals surface area (Å²) < 4.78 is 0.0788. The fraction of sp³-hybridized carbons (Fsp3) is 0.471. The minimum absolute atomic E-state index is 0.0788. The van der Waals surface area contributed by atoms with E-state index in [-0.39, 0.29) is 10.6 Å². The van der Waals surface area contributed by atoms with Gasteiger partial charge in [-0.3, -0.25) is 4.79 Å². The molecule has 2 aliphatic rings. The summed E-state index contributed by atoms with van der Waals surface area (Å²) in [5, 5.41) is 3.96. The third-order valence-corrected chi connectivity index (χ3v) is 6.48. The Hall–Kier alpha value is -1.77. The number of piperidine rings is 1. The van der Waals surface area contributed by atoms with Crippen LogP contribution in [0.4, 0.5) is 5.82 Å². The summed E-state index contributed by atoms with van der Waals surface area (Å²) in [5.74, 6) is 0.797. The third-order valence-electron chi connectivity index (χ3n) is 4.97. The molecule has 1 saturated heterocycles. The Morgan fingerprint density at radius 2 is 2.27 bits per heavy atom. The maximum Gasteiger partial charge on any atom is 0.240 e. The van der Waals surface area contributed by atoms with E-state index < -0.39 is 5.54 Å². The monoisotopic (exact) mass is 392 g/mol. The Labute approximate surface area is 160 Å². The molecular formula is C17H21ClN6OS. The third kappa shape index (κ3) is 3.41. The summed E-state index contributed by atoms with van der Waals surface area (Å²) in [6.07, 6.45) is 7.49. The lowest BCUT2D eigenvalue weighted by atomic mass is 9.87. The van der Waals surface area contributed by atoms with E-state index >= 15 is 0 Å². The second-order valence-corrected chi connectivity index (χ2v) is 8.81. The molecule has 7 nitrogen and oxygen atoms in total. The van der Waals surface area contributed by atoms with Crippen LogP contribution >= 0.6 is 23.4 Å². The van der Waals surface area contributed by atoms with E-state index in [1.54, 1.807) is 18.1 Å². The minimum atomic E-state index is -0.842. The van der Waals surface area contributed by atoms with Crippen molar-refractivity contribution < 1.29 is 4.79 Å². The van der Waals surface area contributed by atoms with Gasteiger partial charge in [0, 0.05) is 30.7 Å². The fourth-order valence-corrected chi connectivity index (χ4v) is 4.70. The van der Waals surface area contributed by atoms with Crippen molar-refractivity contribution in [3.8, 4) is 0 Å². The number of nitrogens with zero attached hydrogens (tertiary/aromatic N) is 3. The first-order valence-corrected chi connectivity index (χ1v) is 9.97. The number of nitrogens with two attached hydrogens (primary N) is 1. The van der Waals surface area contributed by atoms with E-state index in [2.05, 4.69) is 31.2 Å². The molecule has 0 aromatic carbocycles. The zero-order chi connectivity index (χ0) is 18.1. The molecule has 1 amide bonds. The lowest BCUT2D eigenvalue weighted by Crippen LogP contribution is -2.59. The summed E-state index contributed by atoms with van der Waals surface area (Å²) in [7, 11) is 0. The van der Waals surface area contributed by atoms with Crippen molar-refractivity contribution in [2.75, 3.05) is 24.5 Å². The van der Waals surface area contributed by atoms with Gasteiger partial charge in [0.05, 0.1) is 15.6 Å². The maximum absolute atomic E-state index is 12.6. The highest BCUT2D eigenvalue weighted by Gasteiger charge is 2.38. The number of fused-ring (bicyclic) bond motifs is 1. The van der Waals surface area contributed by atoms with Gasteiger partial charge in [-0.05, 0) is 25.3 Å². The molecule has 0 saturated carbocycles. The van der Waals surface area contributed by atoms with Crippen molar-refractivity contribution in [3.05, 3.63) is 29.6 Å². The zero-order valence-corrected chi connectivity index (χ0v) is 15.8. The van der Waals surface area contributed by atoms with Gasteiger partial charge in [0.1, 0.15) is 17.8 Å². The van der Waals surface area contributed by atoms with Gasteiger partial charge in [0.2, 0.25) is 5.91 Å². The average Bonchev–Trinajstić information content (AvgIpc) is 3.28. The number of hydrogen-bond donors (Lipinski definition) is 3. The molecule has 0 aliphatic carbocycles. The van der Waals surface area contributed by atoms with Gasteiger partial charge in [0.15, 0.2) is 0 Å². The van der Waals surface area contributed by atoms with E-state index in [1.165, 1.54) is 0 Å². The number of H-pyrrole nitrogens is 1. The van der Waals surface area contributed by atoms with Crippen molar-refractivity contribution in [2.45, 2.75) is 29.5 Å². The minimum Gasteiger partial charge on any atom is -0.356 e. The predicted octanol–water partition coefficient (Wildman–Crippen LogP) is 1.96. The maximum atomic E-state index is 12.6. The number of aromatic nitrogens is 3. The molecule has 2 aliphatic heterocycles. The molecule has 0 radical (unpaired) electrons. The topological polar surface area (TPSA) is 99.9 Å². The molecule has 4 heterocycles. The van der Waals surface area contributed by atoms with Crippen LogP contribution in [0.25, 0.3) is 11.0 Å². The van der Waals surface area contributed by atoms with Crippen LogP contribution in [0.5, 0.6) is 0 Å². The van der Waals surface area contributed by atoms with Gasteiger partial charge in [-0.1, -0.05) is 6.08 Å². The van der Waals surface area contributed by atoms with Crippen LogP contribution in [-0.4, -0.2) is 50.7 Å². The Bertz CT molecular complexity index is 845. The lowest BCUT2D eigenvalue weighted by molar-refractivity contribution is -0.126. The number of carbonyl (C=O) groups excluding carboxylic acids is 1. The van der Waals surface area contributed by atoms with Gasteiger partial charge in [0.25, 0.3) is 0 Å². The SMILES string of the molecule is NC1(C(=O)NCC2=CCC(Cl)S2)CCN(c2ncnc3[nH]ccc23)CC1. The highest BCUT2D eigenvalue weighted by atomic mass is 35.5. The van der Waals surface area contributed by atoms with Crippen molar-refractivity contribution in [2.24, 2.45) is 5.73 Å². The summed E-state index contributed by atoms with van der Waals surface area (Å²) in [4.78, 5) is 27.6. The van der Waals surface area contributed by atoms with Gasteiger partial charge >= 0.3 is 0 Å². The standard InChI is InChI=1S/C17H21ClN6OS/c18-13-2-1-11(26-13)9-21-16(25)17(19)4-7-24(8-5-17)15-12-3-6-20-14(12)22-10-23-15/h1,3,6,10,13H,2,4-5,7-9,19H2,(H,21,25)(H,20,22,23). The second-order valence-electron chi connectivity index (χ2n) is 6.70. The number of hydrogen-bond acceptors (Lipinski definition) is 6. The first kappa shape index (κ1) is 17.6. The fourth-order valence-electron chi connectivity index (χ4n) is 3.40. The molecule has 2 aromatic rings. The largest absolute Gasteiger partial charge is 0.356 e. The molecule has 9 heteroatoms. The highest BCUT2D eigenvalue weighted by molar-refractivity contribution is 8.05. The summed E-state index contributed by atoms with van der Waals surface area (Å²) in [5.41, 5.74) is 6.39. The number of nitrogens with one attached hydrogen (secondary N) is 2. The summed E-state index contributed by atoms with van der Waals surface area (Å²) in [6.45, 7) is 1.87. The van der Waals surface area contributed by atoms with E-state index in [0.29, 0.717) is 32.5 Å². The van der Waals surface area contributed by atoms with Crippen LogP contribution in [0.2, 0.25) is 0 Å². The van der Waals surface area contributed by atoms with Gasteiger partial charge in [-0.2, -0.15) is 0 Å². The number of carbonyl (C=O) groups is 1. The number of rotatable bonds is 4. The van der Waals surface area contributed by atoms with Crippen molar-refractivity contribution in [1.29, 1.82) is 0 Å². The van der Waals surface area contributed by atoms with Gasteiger partial charge in [-0.25, -0.2) is 9.97 Å². The molecule has 0 bridgehead atoms. The summed E-state index contributed by atoms with van der Waals surface area (Å²) in [6, 6.07) is 1.97. The van der Waals surface area contributed by atoms with Crippen LogP contribution in [0.15, 0.2) is 29.6 Å². The normalized spacial score (nSPS) is 22.5. The van der Waals surface area contributed by atoms with Gasteiger partial charge in [-0.15, -0.1) is 23.4 Å². The molecule has 138 valence electrons. The average molecular weight is 393 g/mol. The molecule has 4 N–H and O–H groups in total. The molecule has 1 fully saturated rings. The molecular weight excluding hydrogens is 372 g/mol. The number of anilines is 1. The van der Waals surface area contributed by atoms with E-state index in [4.69, 9.17) is 17.3 Å². The second kappa shape index (κ2) is 7.09. The zero-order valence-electron chi connectivity index (χ0n) is 14.2. The molecule has 0 spiro atoms. The first-order chi connectivity index (χ1) is 12.5. The quantitative estimate of drug-likeness (QED) is 0.688. The number of thioether (sulfide) groups is 1. The number of amides is 1. The lowest BCUT2D eigenvalue weighted by Gasteiger charge is -2.38. The Kier molecular flexibility index (Phi) is 4.81. The number of allylic oxidation sites excluding steroid dienone is 1. The molecule has 2 aromatic heterocycles. The van der Waals surface area contributed by atoms with E-state index in [9.17, 15) is 4.79 Å². The van der Waals surface area contributed by atoms with E-state index in [1.807, 2.05) is 12.3 Å². The molecule has 1 unspecified atom stereocenters. The van der Waals surface area contributed by atoms with Crippen LogP contribution < -0.4 is 16.0 Å². The molecule has 1 atom stereocenters. The van der Waals surface area contributed by atoms with Crippen molar-refractivity contribution in [3.63, 3.8) is 0 Å². The van der Waals surface area contributed by atoms with Crippen LogP contribution in [0.3, 0.4) is 0 Å². The van der Waals surface area contributed by atoms with E-state index in [0.717, 1.165) is 28.2 Å². The van der Waals surface area contributed by atoms with Gasteiger partial charge < -0.3 is 20.9 Å². The molecule has 26 heavy (non-hydrogen) atoms. The molecule has 4 rings (SSSR count). The van der Waals surface area contributed by atoms with Crippen LogP contribution in [0, 0.1) is 0 Å². The van der Waals surface area contributed by atoms with Crippen molar-refractivity contribution >= 4 is 46.1 Å². The Morgan fingerprint density at radius 1 is 1.46 bits per heavy atom. The number of aromatic amines is 1. The number of halogens is 1. The Balaban J connectivity index is 1.37. The summed E-state index contributed by atoms with van der Waals surface area (Å²) >= 11 is 7.66. The highest BCUT2D eigenvalue weighted by Crippen LogP contribution is 2.34. The first-order valence-electron chi connectivity index (χ1n) is 8.65. The Morgan fingerprint density at radius 3 is 3.00 bits per heavy atom. The van der Waals surface area contributed by atoms with Crippen LogP contribution in [0.1, 0.15) is 19.3 Å². The van der Waals surface area contributed by atoms with Crippen molar-refractivity contribution in [1.82, 2.24) is 20.3 Å². The smallest absolute Gasteiger partial charge is 0.240 e.